The second-order valence-corrected chi connectivity index (χ2v) is 7.77. The molecule has 1 aromatic carbocycles. The Morgan fingerprint density at radius 3 is 2.23 bits per heavy atom. The van der Waals surface area contributed by atoms with Crippen LogP contribution < -0.4 is 5.46 Å². The van der Waals surface area contributed by atoms with Gasteiger partial charge in [0.1, 0.15) is 0 Å². The SMILES string of the molecule is Cc1cc(-c2cnn(I)c2)ccc1B1OC(C)(C)C(C)(C)O1. The lowest BCUT2D eigenvalue weighted by Gasteiger charge is -2.32. The van der Waals surface area contributed by atoms with Crippen molar-refractivity contribution >= 4 is 35.4 Å². The van der Waals surface area contributed by atoms with Crippen molar-refractivity contribution in [3.63, 3.8) is 0 Å². The molecule has 1 aliphatic rings. The zero-order valence-corrected chi connectivity index (χ0v) is 15.7. The molecule has 1 aliphatic heterocycles. The van der Waals surface area contributed by atoms with Gasteiger partial charge in [-0.1, -0.05) is 23.8 Å². The lowest BCUT2D eigenvalue weighted by molar-refractivity contribution is 0.00578. The number of aryl methyl sites for hydroxylation is 1. The normalized spacial score (nSPS) is 19.6. The summed E-state index contributed by atoms with van der Waals surface area (Å²) in [5.41, 5.74) is 3.89. The molecule has 0 atom stereocenters. The van der Waals surface area contributed by atoms with Gasteiger partial charge in [-0.2, -0.15) is 5.10 Å². The van der Waals surface area contributed by atoms with Gasteiger partial charge in [0.05, 0.1) is 40.3 Å². The van der Waals surface area contributed by atoms with Crippen LogP contribution in [0.1, 0.15) is 33.3 Å². The van der Waals surface area contributed by atoms with Crippen LogP contribution in [-0.2, 0) is 9.31 Å². The summed E-state index contributed by atoms with van der Waals surface area (Å²) in [6, 6.07) is 6.35. The van der Waals surface area contributed by atoms with Crippen LogP contribution in [0.25, 0.3) is 11.1 Å². The highest BCUT2D eigenvalue weighted by Gasteiger charge is 2.52. The van der Waals surface area contributed by atoms with Gasteiger partial charge in [-0.05, 0) is 45.6 Å². The second kappa shape index (κ2) is 5.35. The average Bonchev–Trinajstić information content (AvgIpc) is 2.91. The monoisotopic (exact) mass is 410 g/mol. The number of hydrogen-bond acceptors (Lipinski definition) is 3. The van der Waals surface area contributed by atoms with Gasteiger partial charge in [-0.25, -0.2) is 2.90 Å². The third-order valence-corrected chi connectivity index (χ3v) is 5.19. The molecule has 0 spiro atoms. The summed E-state index contributed by atoms with van der Waals surface area (Å²) in [5, 5.41) is 4.21. The van der Waals surface area contributed by atoms with E-state index in [2.05, 4.69) is 80.8 Å². The molecular formula is C16H20BIN2O2. The molecule has 0 bridgehead atoms. The lowest BCUT2D eigenvalue weighted by Crippen LogP contribution is -2.41. The van der Waals surface area contributed by atoms with Crippen LogP contribution in [-0.4, -0.2) is 26.3 Å². The molecule has 0 saturated carbocycles. The maximum atomic E-state index is 6.14. The van der Waals surface area contributed by atoms with Crippen molar-refractivity contribution < 1.29 is 9.31 Å². The molecule has 3 rings (SSSR count). The van der Waals surface area contributed by atoms with E-state index in [1.165, 1.54) is 0 Å². The molecule has 0 N–H and O–H groups in total. The molecule has 1 aromatic heterocycles. The molecule has 1 saturated heterocycles. The lowest BCUT2D eigenvalue weighted by atomic mass is 9.75. The fourth-order valence-corrected chi connectivity index (χ4v) is 2.96. The molecule has 0 radical (unpaired) electrons. The van der Waals surface area contributed by atoms with E-state index in [0.29, 0.717) is 0 Å². The van der Waals surface area contributed by atoms with E-state index in [1.807, 2.05) is 12.4 Å². The van der Waals surface area contributed by atoms with Gasteiger partial charge in [0.2, 0.25) is 0 Å². The topological polar surface area (TPSA) is 36.3 Å². The predicted molar refractivity (Wildman–Crippen MR) is 97.5 cm³/mol. The van der Waals surface area contributed by atoms with Crippen molar-refractivity contribution in [2.45, 2.75) is 45.8 Å². The number of halogens is 1. The average molecular weight is 410 g/mol. The Labute approximate surface area is 145 Å². The first-order valence-corrected chi connectivity index (χ1v) is 8.33. The zero-order chi connectivity index (χ0) is 16.1. The molecule has 2 heterocycles. The molecule has 4 nitrogen and oxygen atoms in total. The summed E-state index contributed by atoms with van der Waals surface area (Å²) >= 11 is 2.15. The Bertz CT molecular complexity index is 696. The highest BCUT2D eigenvalue weighted by Crippen LogP contribution is 2.36. The van der Waals surface area contributed by atoms with Crippen LogP contribution in [0.4, 0.5) is 0 Å². The van der Waals surface area contributed by atoms with Gasteiger partial charge in [0.15, 0.2) is 0 Å². The first-order valence-electron chi connectivity index (χ1n) is 7.37. The molecule has 0 amide bonds. The van der Waals surface area contributed by atoms with Gasteiger partial charge < -0.3 is 9.31 Å². The number of hydrogen-bond donors (Lipinski definition) is 0. The van der Waals surface area contributed by atoms with Crippen LogP contribution in [0.5, 0.6) is 0 Å². The molecule has 116 valence electrons. The smallest absolute Gasteiger partial charge is 0.399 e. The summed E-state index contributed by atoms with van der Waals surface area (Å²) in [5.74, 6) is 0. The summed E-state index contributed by atoms with van der Waals surface area (Å²) in [6.07, 6.45) is 3.87. The van der Waals surface area contributed by atoms with Gasteiger partial charge in [-0.3, -0.25) is 0 Å². The molecular weight excluding hydrogens is 390 g/mol. The third kappa shape index (κ3) is 2.72. The molecule has 6 heteroatoms. The third-order valence-electron chi connectivity index (χ3n) is 4.66. The quantitative estimate of drug-likeness (QED) is 0.563. The van der Waals surface area contributed by atoms with Crippen LogP contribution in [0.2, 0.25) is 0 Å². The molecule has 22 heavy (non-hydrogen) atoms. The predicted octanol–water partition coefficient (Wildman–Crippen LogP) is 3.36. The fraction of sp³-hybridized carbons (Fsp3) is 0.438. The summed E-state index contributed by atoms with van der Waals surface area (Å²) in [6.45, 7) is 10.4. The molecule has 2 aromatic rings. The molecule has 1 fully saturated rings. The van der Waals surface area contributed by atoms with Gasteiger partial charge in [0, 0.05) is 11.8 Å². The van der Waals surface area contributed by atoms with Crippen molar-refractivity contribution in [2.24, 2.45) is 0 Å². The van der Waals surface area contributed by atoms with E-state index in [9.17, 15) is 0 Å². The first-order chi connectivity index (χ1) is 10.2. The zero-order valence-electron chi connectivity index (χ0n) is 13.6. The Kier molecular flexibility index (Phi) is 3.90. The standard InChI is InChI=1S/C16H20BIN2O2/c1-11-8-12(13-9-19-20(18)10-13)6-7-14(11)17-21-15(2,3)16(4,5)22-17/h6-10H,1-5H3. The minimum atomic E-state index is -0.314. The maximum absolute atomic E-state index is 6.14. The maximum Gasteiger partial charge on any atom is 0.495 e. The Morgan fingerprint density at radius 1 is 1.09 bits per heavy atom. The van der Waals surface area contributed by atoms with Crippen molar-refractivity contribution in [2.75, 3.05) is 0 Å². The highest BCUT2D eigenvalue weighted by atomic mass is 127. The van der Waals surface area contributed by atoms with Crippen LogP contribution in [0.3, 0.4) is 0 Å². The fourth-order valence-electron chi connectivity index (χ4n) is 2.54. The summed E-state index contributed by atoms with van der Waals surface area (Å²) < 4.78 is 14.1. The van der Waals surface area contributed by atoms with E-state index in [-0.39, 0.29) is 18.3 Å². The van der Waals surface area contributed by atoms with E-state index >= 15 is 0 Å². The minimum absolute atomic E-state index is 0.314. The molecule has 0 aliphatic carbocycles. The largest absolute Gasteiger partial charge is 0.495 e. The molecule has 0 unspecified atom stereocenters. The number of benzene rings is 1. The van der Waals surface area contributed by atoms with E-state index in [0.717, 1.165) is 22.2 Å². The van der Waals surface area contributed by atoms with E-state index in [4.69, 9.17) is 9.31 Å². The van der Waals surface area contributed by atoms with E-state index in [1.54, 1.807) is 2.90 Å². The van der Waals surface area contributed by atoms with Crippen molar-refractivity contribution in [1.82, 2.24) is 7.99 Å². The number of nitrogens with zero attached hydrogens (tertiary/aromatic N) is 2. The summed E-state index contributed by atoms with van der Waals surface area (Å²) in [4.78, 5) is 0. The highest BCUT2D eigenvalue weighted by molar-refractivity contribution is 14.1. The van der Waals surface area contributed by atoms with Gasteiger partial charge >= 0.3 is 7.12 Å². The number of aromatic nitrogens is 2. The number of rotatable bonds is 2. The van der Waals surface area contributed by atoms with Crippen molar-refractivity contribution in [3.8, 4) is 11.1 Å². The van der Waals surface area contributed by atoms with Gasteiger partial charge in [0.25, 0.3) is 0 Å². The second-order valence-electron chi connectivity index (χ2n) is 6.78. The summed E-state index contributed by atoms with van der Waals surface area (Å²) in [7, 11) is -0.314. The minimum Gasteiger partial charge on any atom is -0.399 e. The Morgan fingerprint density at radius 2 is 1.73 bits per heavy atom. The Balaban J connectivity index is 1.91. The van der Waals surface area contributed by atoms with Crippen molar-refractivity contribution in [3.05, 3.63) is 36.2 Å². The van der Waals surface area contributed by atoms with Crippen molar-refractivity contribution in [1.29, 1.82) is 0 Å². The van der Waals surface area contributed by atoms with Crippen LogP contribution >= 0.6 is 22.9 Å². The van der Waals surface area contributed by atoms with E-state index < -0.39 is 0 Å². The van der Waals surface area contributed by atoms with Crippen LogP contribution in [0, 0.1) is 6.92 Å². The first kappa shape index (κ1) is 16.0. The Hall–Kier alpha value is -0.855. The van der Waals surface area contributed by atoms with Gasteiger partial charge in [-0.15, -0.1) is 0 Å². The van der Waals surface area contributed by atoms with Crippen LogP contribution in [0.15, 0.2) is 30.6 Å².